The van der Waals surface area contributed by atoms with Crippen LogP contribution in [-0.2, 0) is 5.41 Å². The third-order valence-corrected chi connectivity index (χ3v) is 4.67. The van der Waals surface area contributed by atoms with Crippen molar-refractivity contribution >= 4 is 23.4 Å². The van der Waals surface area contributed by atoms with Crippen molar-refractivity contribution in [2.75, 3.05) is 23.9 Å². The van der Waals surface area contributed by atoms with Gasteiger partial charge in [-0.15, -0.1) is 0 Å². The third kappa shape index (κ3) is 3.07. The molecule has 0 spiro atoms. The average Bonchev–Trinajstić information content (AvgIpc) is 3.05. The van der Waals surface area contributed by atoms with Crippen LogP contribution in [0.1, 0.15) is 39.4 Å². The molecule has 1 aliphatic carbocycles. The molecular weight excluding hydrogens is 244 g/mol. The van der Waals surface area contributed by atoms with E-state index in [1.165, 1.54) is 12.8 Å². The van der Waals surface area contributed by atoms with E-state index in [9.17, 15) is 0 Å². The molecule has 1 heterocycles. The fraction of sp³-hybridized carbons (Fsp3) is 0.692. The maximum Gasteiger partial charge on any atom is 0.138 e. The Bertz CT molecular complexity index is 435. The van der Waals surface area contributed by atoms with Gasteiger partial charge in [0.2, 0.25) is 0 Å². The van der Waals surface area contributed by atoms with E-state index in [0.29, 0.717) is 10.6 Å². The number of rotatable bonds is 4. The highest BCUT2D eigenvalue weighted by Crippen LogP contribution is 2.47. The van der Waals surface area contributed by atoms with Crippen LogP contribution in [0.15, 0.2) is 6.07 Å². The predicted molar refractivity (Wildman–Crippen MR) is 79.1 cm³/mol. The molecule has 1 saturated carbocycles. The van der Waals surface area contributed by atoms with Crippen LogP contribution in [0.5, 0.6) is 0 Å². The maximum atomic E-state index is 5.85. The van der Waals surface area contributed by atoms with Crippen molar-refractivity contribution < 1.29 is 0 Å². The van der Waals surface area contributed by atoms with E-state index in [1.807, 2.05) is 17.8 Å². The van der Waals surface area contributed by atoms with Gasteiger partial charge in [0.15, 0.2) is 0 Å². The van der Waals surface area contributed by atoms with Crippen molar-refractivity contribution in [3.05, 3.63) is 11.9 Å². The molecule has 1 aromatic heterocycles. The first-order valence-corrected chi connectivity index (χ1v) is 7.51. The molecule has 2 rings (SSSR count). The Labute approximate surface area is 113 Å². The third-order valence-electron chi connectivity index (χ3n) is 3.25. The number of anilines is 2. The molecule has 0 unspecified atom stereocenters. The first-order chi connectivity index (χ1) is 8.35. The SMILES string of the molecule is CSC1(CNc2cc(N)nc(C(C)(C)C)n2)CC1. The van der Waals surface area contributed by atoms with Crippen LogP contribution in [0.2, 0.25) is 0 Å². The quantitative estimate of drug-likeness (QED) is 0.877. The molecule has 1 aromatic rings. The topological polar surface area (TPSA) is 63.8 Å². The highest BCUT2D eigenvalue weighted by atomic mass is 32.2. The van der Waals surface area contributed by atoms with Crippen LogP contribution in [0.3, 0.4) is 0 Å². The van der Waals surface area contributed by atoms with Crippen molar-refractivity contribution in [2.45, 2.75) is 43.8 Å². The Balaban J connectivity index is 2.11. The molecule has 0 radical (unpaired) electrons. The minimum atomic E-state index is -0.0808. The summed E-state index contributed by atoms with van der Waals surface area (Å²) >= 11 is 1.93. The van der Waals surface area contributed by atoms with E-state index < -0.39 is 0 Å². The second-order valence-electron chi connectivity index (χ2n) is 5.99. The zero-order valence-corrected chi connectivity index (χ0v) is 12.4. The average molecular weight is 266 g/mol. The minimum absolute atomic E-state index is 0.0808. The highest BCUT2D eigenvalue weighted by molar-refractivity contribution is 8.00. The fourth-order valence-electron chi connectivity index (χ4n) is 1.74. The normalized spacial score (nSPS) is 17.6. The summed E-state index contributed by atoms with van der Waals surface area (Å²) in [4.78, 5) is 8.87. The summed E-state index contributed by atoms with van der Waals surface area (Å²) in [6.07, 6.45) is 4.74. The lowest BCUT2D eigenvalue weighted by Gasteiger charge is -2.19. The van der Waals surface area contributed by atoms with E-state index in [4.69, 9.17) is 5.73 Å². The Kier molecular flexibility index (Phi) is 3.45. The number of nitrogens with one attached hydrogen (secondary N) is 1. The molecule has 3 N–H and O–H groups in total. The smallest absolute Gasteiger partial charge is 0.138 e. The summed E-state index contributed by atoms with van der Waals surface area (Å²) in [5.41, 5.74) is 5.77. The molecule has 100 valence electrons. The van der Waals surface area contributed by atoms with Crippen molar-refractivity contribution in [2.24, 2.45) is 0 Å². The highest BCUT2D eigenvalue weighted by Gasteiger charge is 2.41. The molecule has 0 amide bonds. The zero-order valence-electron chi connectivity index (χ0n) is 11.6. The molecule has 18 heavy (non-hydrogen) atoms. The molecule has 0 bridgehead atoms. The van der Waals surface area contributed by atoms with Crippen LogP contribution < -0.4 is 11.1 Å². The molecule has 0 saturated heterocycles. The lowest BCUT2D eigenvalue weighted by Crippen LogP contribution is -2.21. The molecule has 1 aliphatic rings. The van der Waals surface area contributed by atoms with Crippen molar-refractivity contribution in [3.63, 3.8) is 0 Å². The number of nitrogens with zero attached hydrogens (tertiary/aromatic N) is 2. The van der Waals surface area contributed by atoms with Gasteiger partial charge in [0.1, 0.15) is 17.5 Å². The van der Waals surface area contributed by atoms with Gasteiger partial charge in [0, 0.05) is 22.8 Å². The van der Waals surface area contributed by atoms with Crippen molar-refractivity contribution in [3.8, 4) is 0 Å². The first kappa shape index (κ1) is 13.5. The molecule has 0 aliphatic heterocycles. The van der Waals surface area contributed by atoms with Crippen LogP contribution in [0, 0.1) is 0 Å². The second kappa shape index (κ2) is 4.61. The molecule has 0 aromatic carbocycles. The van der Waals surface area contributed by atoms with Gasteiger partial charge in [-0.25, -0.2) is 9.97 Å². The monoisotopic (exact) mass is 266 g/mol. The number of nitrogens with two attached hydrogens (primary N) is 1. The van der Waals surface area contributed by atoms with Crippen LogP contribution >= 0.6 is 11.8 Å². The molecule has 1 fully saturated rings. The summed E-state index contributed by atoms with van der Waals surface area (Å²) in [7, 11) is 0. The van der Waals surface area contributed by atoms with Gasteiger partial charge >= 0.3 is 0 Å². The number of hydrogen-bond acceptors (Lipinski definition) is 5. The largest absolute Gasteiger partial charge is 0.384 e. The van der Waals surface area contributed by atoms with Gasteiger partial charge in [0.05, 0.1) is 0 Å². The minimum Gasteiger partial charge on any atom is -0.384 e. The summed E-state index contributed by atoms with van der Waals surface area (Å²) in [6, 6.07) is 1.81. The second-order valence-corrected chi connectivity index (χ2v) is 7.27. The summed E-state index contributed by atoms with van der Waals surface area (Å²) in [5, 5.41) is 3.40. The Morgan fingerprint density at radius 3 is 2.56 bits per heavy atom. The van der Waals surface area contributed by atoms with E-state index >= 15 is 0 Å². The first-order valence-electron chi connectivity index (χ1n) is 6.29. The zero-order chi connectivity index (χ0) is 13.4. The predicted octanol–water partition coefficient (Wildman–Crippen LogP) is 2.66. The lowest BCUT2D eigenvalue weighted by atomic mass is 9.96. The summed E-state index contributed by atoms with van der Waals surface area (Å²) < 4.78 is 0.418. The summed E-state index contributed by atoms with van der Waals surface area (Å²) in [6.45, 7) is 7.23. The van der Waals surface area contributed by atoms with Gasteiger partial charge in [-0.1, -0.05) is 20.8 Å². The standard InChI is InChI=1S/C13H22N4S/c1-12(2,3)11-16-9(14)7-10(17-11)15-8-13(18-4)5-6-13/h7H,5-6,8H2,1-4H3,(H3,14,15,16,17). The number of nitrogen functional groups attached to an aromatic ring is 1. The van der Waals surface area contributed by atoms with Gasteiger partial charge in [-0.05, 0) is 19.1 Å². The van der Waals surface area contributed by atoms with E-state index in [1.54, 1.807) is 0 Å². The molecule has 5 heteroatoms. The van der Waals surface area contributed by atoms with Crippen molar-refractivity contribution in [1.82, 2.24) is 9.97 Å². The fourth-order valence-corrected chi connectivity index (χ4v) is 2.46. The van der Waals surface area contributed by atoms with Crippen LogP contribution in [-0.4, -0.2) is 27.5 Å². The maximum absolute atomic E-state index is 5.85. The van der Waals surface area contributed by atoms with E-state index in [2.05, 4.69) is 42.3 Å². The van der Waals surface area contributed by atoms with Gasteiger partial charge < -0.3 is 11.1 Å². The van der Waals surface area contributed by atoms with E-state index in [0.717, 1.165) is 18.2 Å². The van der Waals surface area contributed by atoms with Gasteiger partial charge in [-0.3, -0.25) is 0 Å². The Morgan fingerprint density at radius 2 is 2.06 bits per heavy atom. The molecule has 0 atom stereocenters. The number of thioether (sulfide) groups is 1. The Morgan fingerprint density at radius 1 is 1.39 bits per heavy atom. The van der Waals surface area contributed by atoms with E-state index in [-0.39, 0.29) is 5.41 Å². The van der Waals surface area contributed by atoms with Crippen molar-refractivity contribution in [1.29, 1.82) is 0 Å². The molecular formula is C13H22N4S. The molecule has 4 nitrogen and oxygen atoms in total. The Hall–Kier alpha value is -0.970. The number of hydrogen-bond donors (Lipinski definition) is 2. The van der Waals surface area contributed by atoms with Gasteiger partial charge in [0.25, 0.3) is 0 Å². The lowest BCUT2D eigenvalue weighted by molar-refractivity contribution is 0.547. The summed E-state index contributed by atoms with van der Waals surface area (Å²) in [5.74, 6) is 2.16. The van der Waals surface area contributed by atoms with Gasteiger partial charge in [-0.2, -0.15) is 11.8 Å². The van der Waals surface area contributed by atoms with Crippen LogP contribution in [0.25, 0.3) is 0 Å². The van der Waals surface area contributed by atoms with Crippen LogP contribution in [0.4, 0.5) is 11.6 Å². The number of aromatic nitrogens is 2.